The van der Waals surface area contributed by atoms with Gasteiger partial charge in [-0.2, -0.15) is 0 Å². The molecule has 0 bridgehead atoms. The van der Waals surface area contributed by atoms with Crippen LogP contribution in [0.1, 0.15) is 23.0 Å². The van der Waals surface area contributed by atoms with Crippen LogP contribution in [0.2, 0.25) is 5.02 Å². The molecule has 0 spiro atoms. The molecule has 0 N–H and O–H groups in total. The minimum atomic E-state index is -0.345. The van der Waals surface area contributed by atoms with E-state index in [1.54, 1.807) is 25.3 Å². The molecule has 3 rings (SSSR count). The molecule has 0 aliphatic carbocycles. The van der Waals surface area contributed by atoms with Gasteiger partial charge in [0.1, 0.15) is 5.82 Å². The molecule has 5 heteroatoms. The van der Waals surface area contributed by atoms with Crippen molar-refractivity contribution in [3.05, 3.63) is 58.9 Å². The van der Waals surface area contributed by atoms with Crippen LogP contribution in [0.25, 0.3) is 16.7 Å². The first-order valence-corrected chi connectivity index (χ1v) is 7.40. The Bertz CT molecular complexity index is 841. The number of aromatic nitrogens is 2. The van der Waals surface area contributed by atoms with Crippen LogP contribution in [0.4, 0.5) is 0 Å². The van der Waals surface area contributed by atoms with Crippen molar-refractivity contribution in [3.8, 4) is 5.82 Å². The van der Waals surface area contributed by atoms with E-state index in [1.807, 2.05) is 35.8 Å². The summed E-state index contributed by atoms with van der Waals surface area (Å²) in [6.07, 6.45) is 1.72. The lowest BCUT2D eigenvalue weighted by Gasteiger charge is -2.07. The molecule has 0 amide bonds. The Hall–Kier alpha value is -2.33. The first-order chi connectivity index (χ1) is 10.6. The predicted molar refractivity (Wildman–Crippen MR) is 86.8 cm³/mol. The SMILES string of the molecule is CCOC(=O)c1c(C)n(-c2ccccn2)c2ccc(Cl)cc12. The van der Waals surface area contributed by atoms with Crippen LogP contribution in [0, 0.1) is 6.92 Å². The van der Waals surface area contributed by atoms with E-state index in [4.69, 9.17) is 16.3 Å². The van der Waals surface area contributed by atoms with Crippen molar-refractivity contribution in [2.45, 2.75) is 13.8 Å². The number of halogens is 1. The minimum absolute atomic E-state index is 0.328. The number of carbonyl (C=O) groups is 1. The summed E-state index contributed by atoms with van der Waals surface area (Å²) in [6, 6.07) is 11.1. The number of pyridine rings is 1. The fourth-order valence-corrected chi connectivity index (χ4v) is 2.81. The molecule has 2 aromatic heterocycles. The maximum absolute atomic E-state index is 12.3. The van der Waals surface area contributed by atoms with Crippen molar-refractivity contribution in [2.24, 2.45) is 0 Å². The molecule has 0 radical (unpaired) electrons. The van der Waals surface area contributed by atoms with E-state index >= 15 is 0 Å². The molecule has 112 valence electrons. The van der Waals surface area contributed by atoms with Crippen LogP contribution in [0.3, 0.4) is 0 Å². The fraction of sp³-hybridized carbons (Fsp3) is 0.176. The van der Waals surface area contributed by atoms with Crippen molar-refractivity contribution >= 4 is 28.5 Å². The van der Waals surface area contributed by atoms with E-state index in [2.05, 4.69) is 4.98 Å². The van der Waals surface area contributed by atoms with Gasteiger partial charge in [0, 0.05) is 22.3 Å². The molecule has 3 aromatic rings. The van der Waals surface area contributed by atoms with Crippen LogP contribution >= 0.6 is 11.6 Å². The quantitative estimate of drug-likeness (QED) is 0.682. The number of esters is 1. The molecule has 2 heterocycles. The van der Waals surface area contributed by atoms with Gasteiger partial charge in [0.25, 0.3) is 0 Å². The number of nitrogens with zero attached hydrogens (tertiary/aromatic N) is 2. The molecule has 0 aliphatic rings. The van der Waals surface area contributed by atoms with E-state index in [1.165, 1.54) is 0 Å². The second kappa shape index (κ2) is 5.81. The van der Waals surface area contributed by atoms with Gasteiger partial charge in [-0.1, -0.05) is 17.7 Å². The van der Waals surface area contributed by atoms with Crippen LogP contribution in [-0.4, -0.2) is 22.1 Å². The Balaban J connectivity index is 2.34. The minimum Gasteiger partial charge on any atom is -0.462 e. The molecule has 0 atom stereocenters. The molecule has 4 nitrogen and oxygen atoms in total. The van der Waals surface area contributed by atoms with Gasteiger partial charge in [-0.3, -0.25) is 4.57 Å². The first kappa shape index (κ1) is 14.6. The second-order valence-corrected chi connectivity index (χ2v) is 5.30. The van der Waals surface area contributed by atoms with Crippen LogP contribution in [0.5, 0.6) is 0 Å². The van der Waals surface area contributed by atoms with Crippen LogP contribution < -0.4 is 0 Å². The highest BCUT2D eigenvalue weighted by molar-refractivity contribution is 6.31. The van der Waals surface area contributed by atoms with Gasteiger partial charge in [0.15, 0.2) is 0 Å². The summed E-state index contributed by atoms with van der Waals surface area (Å²) in [4.78, 5) is 16.7. The molecule has 0 fully saturated rings. The summed E-state index contributed by atoms with van der Waals surface area (Å²) < 4.78 is 7.13. The summed E-state index contributed by atoms with van der Waals surface area (Å²) in [6.45, 7) is 4.00. The maximum Gasteiger partial charge on any atom is 0.340 e. The lowest BCUT2D eigenvalue weighted by Crippen LogP contribution is -2.07. The molecular weight excluding hydrogens is 300 g/mol. The summed E-state index contributed by atoms with van der Waals surface area (Å²) in [7, 11) is 0. The van der Waals surface area contributed by atoms with Crippen molar-refractivity contribution in [3.63, 3.8) is 0 Å². The zero-order chi connectivity index (χ0) is 15.7. The molecule has 0 saturated carbocycles. The second-order valence-electron chi connectivity index (χ2n) is 4.87. The summed E-state index contributed by atoms with van der Waals surface area (Å²) in [5.41, 5.74) is 2.20. The highest BCUT2D eigenvalue weighted by Crippen LogP contribution is 2.31. The van der Waals surface area contributed by atoms with Gasteiger partial charge in [0.2, 0.25) is 0 Å². The summed E-state index contributed by atoms with van der Waals surface area (Å²) in [5, 5.41) is 1.35. The van der Waals surface area contributed by atoms with E-state index < -0.39 is 0 Å². The van der Waals surface area contributed by atoms with Gasteiger partial charge in [-0.25, -0.2) is 9.78 Å². The molecule has 0 aliphatic heterocycles. The highest BCUT2D eigenvalue weighted by atomic mass is 35.5. The van der Waals surface area contributed by atoms with Crippen molar-refractivity contribution in [1.29, 1.82) is 0 Å². The third kappa shape index (κ3) is 2.35. The van der Waals surface area contributed by atoms with Crippen LogP contribution in [0.15, 0.2) is 42.6 Å². The van der Waals surface area contributed by atoms with Crippen LogP contribution in [-0.2, 0) is 4.74 Å². The average molecular weight is 315 g/mol. The van der Waals surface area contributed by atoms with E-state index in [0.29, 0.717) is 17.2 Å². The first-order valence-electron chi connectivity index (χ1n) is 7.02. The molecular formula is C17H15ClN2O2. The van der Waals surface area contributed by atoms with E-state index in [0.717, 1.165) is 22.4 Å². The third-order valence-corrected chi connectivity index (χ3v) is 3.76. The summed E-state index contributed by atoms with van der Waals surface area (Å²) >= 11 is 6.10. The third-order valence-electron chi connectivity index (χ3n) is 3.52. The summed E-state index contributed by atoms with van der Waals surface area (Å²) in [5.74, 6) is 0.407. The number of benzene rings is 1. The van der Waals surface area contributed by atoms with E-state index in [9.17, 15) is 4.79 Å². The Kier molecular flexibility index (Phi) is 3.86. The molecule has 0 unspecified atom stereocenters. The molecule has 1 aromatic carbocycles. The Morgan fingerprint density at radius 3 is 2.82 bits per heavy atom. The topological polar surface area (TPSA) is 44.1 Å². The zero-order valence-electron chi connectivity index (χ0n) is 12.3. The monoisotopic (exact) mass is 314 g/mol. The van der Waals surface area contributed by atoms with Crippen molar-refractivity contribution in [2.75, 3.05) is 6.61 Å². The van der Waals surface area contributed by atoms with Gasteiger partial charge >= 0.3 is 5.97 Å². The fourth-order valence-electron chi connectivity index (χ4n) is 2.63. The number of fused-ring (bicyclic) bond motifs is 1. The average Bonchev–Trinajstić information content (AvgIpc) is 2.79. The number of ether oxygens (including phenoxy) is 1. The Labute approximate surface area is 133 Å². The van der Waals surface area contributed by atoms with Gasteiger partial charge < -0.3 is 4.74 Å². The van der Waals surface area contributed by atoms with Crippen molar-refractivity contribution < 1.29 is 9.53 Å². The predicted octanol–water partition coefficient (Wildman–Crippen LogP) is 4.16. The molecule has 0 saturated heterocycles. The number of rotatable bonds is 3. The highest BCUT2D eigenvalue weighted by Gasteiger charge is 2.22. The smallest absolute Gasteiger partial charge is 0.340 e. The largest absolute Gasteiger partial charge is 0.462 e. The van der Waals surface area contributed by atoms with E-state index in [-0.39, 0.29) is 5.97 Å². The lowest BCUT2D eigenvalue weighted by atomic mass is 10.1. The number of hydrogen-bond donors (Lipinski definition) is 0. The van der Waals surface area contributed by atoms with Gasteiger partial charge in [-0.05, 0) is 44.2 Å². The Morgan fingerprint density at radius 2 is 2.14 bits per heavy atom. The van der Waals surface area contributed by atoms with Gasteiger partial charge in [0.05, 0.1) is 17.7 Å². The van der Waals surface area contributed by atoms with Crippen molar-refractivity contribution in [1.82, 2.24) is 9.55 Å². The number of hydrogen-bond acceptors (Lipinski definition) is 3. The maximum atomic E-state index is 12.3. The Morgan fingerprint density at radius 1 is 1.32 bits per heavy atom. The zero-order valence-corrected chi connectivity index (χ0v) is 13.1. The lowest BCUT2D eigenvalue weighted by molar-refractivity contribution is 0.0527. The number of carbonyl (C=O) groups excluding carboxylic acids is 1. The van der Waals surface area contributed by atoms with Gasteiger partial charge in [-0.15, -0.1) is 0 Å². The normalized spacial score (nSPS) is 10.9. The standard InChI is InChI=1S/C17H15ClN2O2/c1-3-22-17(21)16-11(2)20(15-6-4-5-9-19-15)14-8-7-12(18)10-13(14)16/h4-10H,3H2,1-2H3. The molecule has 22 heavy (non-hydrogen) atoms.